The lowest BCUT2D eigenvalue weighted by Gasteiger charge is -2.04. The molecule has 0 unspecified atom stereocenters. The van der Waals surface area contributed by atoms with E-state index in [4.69, 9.17) is 0 Å². The van der Waals surface area contributed by atoms with E-state index >= 15 is 0 Å². The molecular formula is C10H16N2OS. The predicted molar refractivity (Wildman–Crippen MR) is 58.9 cm³/mol. The van der Waals surface area contributed by atoms with Crippen LogP contribution in [0, 0.1) is 0 Å². The van der Waals surface area contributed by atoms with Crippen molar-refractivity contribution in [2.45, 2.75) is 26.8 Å². The number of ketones is 1. The zero-order valence-corrected chi connectivity index (χ0v) is 9.94. The highest BCUT2D eigenvalue weighted by Crippen LogP contribution is 2.20. The first kappa shape index (κ1) is 11.3. The lowest BCUT2D eigenvalue weighted by Crippen LogP contribution is -2.10. The van der Waals surface area contributed by atoms with Gasteiger partial charge in [0.05, 0.1) is 10.6 Å². The van der Waals surface area contributed by atoms with Crippen LogP contribution in [0.4, 0.5) is 0 Å². The minimum atomic E-state index is 0.129. The highest BCUT2D eigenvalue weighted by molar-refractivity contribution is 7.13. The average molecular weight is 212 g/mol. The predicted octanol–water partition coefficient (Wildman–Crippen LogP) is 1.97. The molecule has 0 amide bonds. The Kier molecular flexibility index (Phi) is 3.77. The van der Waals surface area contributed by atoms with E-state index in [2.05, 4.69) is 9.88 Å². The van der Waals surface area contributed by atoms with Crippen molar-refractivity contribution in [1.82, 2.24) is 9.88 Å². The summed E-state index contributed by atoms with van der Waals surface area (Å²) in [5.74, 6) is 0.129. The number of Topliss-reactive ketones (excluding diaryl/α,β-unsaturated/α-hetero) is 1. The summed E-state index contributed by atoms with van der Waals surface area (Å²) >= 11 is 1.52. The molecule has 0 saturated heterocycles. The van der Waals surface area contributed by atoms with E-state index in [1.807, 2.05) is 21.0 Å². The lowest BCUT2D eigenvalue weighted by molar-refractivity contribution is 0.102. The first-order valence-corrected chi connectivity index (χ1v) is 5.50. The monoisotopic (exact) mass is 212 g/mol. The van der Waals surface area contributed by atoms with Crippen LogP contribution in [-0.4, -0.2) is 29.8 Å². The third kappa shape index (κ3) is 2.62. The Balaban J connectivity index is 2.94. The molecule has 0 fully saturated rings. The summed E-state index contributed by atoms with van der Waals surface area (Å²) in [5, 5.41) is 1.03. The second-order valence-electron chi connectivity index (χ2n) is 3.53. The van der Waals surface area contributed by atoms with Crippen LogP contribution in [0.1, 0.15) is 34.2 Å². The third-order valence-electron chi connectivity index (χ3n) is 1.85. The molecule has 0 bridgehead atoms. The van der Waals surface area contributed by atoms with E-state index in [9.17, 15) is 4.79 Å². The van der Waals surface area contributed by atoms with Gasteiger partial charge in [-0.1, -0.05) is 6.92 Å². The summed E-state index contributed by atoms with van der Waals surface area (Å²) in [7, 11) is 4.00. The Hall–Kier alpha value is -0.740. The molecule has 0 spiro atoms. The van der Waals surface area contributed by atoms with E-state index < -0.39 is 0 Å². The second kappa shape index (κ2) is 4.66. The Morgan fingerprint density at radius 2 is 2.14 bits per heavy atom. The number of rotatable bonds is 4. The number of hydrogen-bond acceptors (Lipinski definition) is 4. The number of aromatic nitrogens is 1. The van der Waals surface area contributed by atoms with Gasteiger partial charge in [-0.25, -0.2) is 4.98 Å². The maximum Gasteiger partial charge on any atom is 0.171 e. The molecule has 0 atom stereocenters. The van der Waals surface area contributed by atoms with Gasteiger partial charge in [-0.3, -0.25) is 4.79 Å². The number of carbonyl (C=O) groups excluding carboxylic acids is 1. The molecule has 0 radical (unpaired) electrons. The van der Waals surface area contributed by atoms with Crippen molar-refractivity contribution >= 4 is 17.1 Å². The van der Waals surface area contributed by atoms with Crippen LogP contribution in [0.3, 0.4) is 0 Å². The van der Waals surface area contributed by atoms with Gasteiger partial charge >= 0.3 is 0 Å². The molecule has 0 saturated carbocycles. The average Bonchev–Trinajstić information content (AvgIpc) is 2.46. The van der Waals surface area contributed by atoms with Gasteiger partial charge in [0.2, 0.25) is 0 Å². The Morgan fingerprint density at radius 3 is 2.50 bits per heavy atom. The highest BCUT2D eigenvalue weighted by atomic mass is 32.1. The molecule has 4 heteroatoms. The Bertz CT molecular complexity index is 331. The summed E-state index contributed by atoms with van der Waals surface area (Å²) in [4.78, 5) is 18.6. The van der Waals surface area contributed by atoms with Gasteiger partial charge in [-0.2, -0.15) is 0 Å². The van der Waals surface area contributed by atoms with Gasteiger partial charge in [0, 0.05) is 13.5 Å². The van der Waals surface area contributed by atoms with Crippen molar-refractivity contribution in [1.29, 1.82) is 0 Å². The zero-order valence-electron chi connectivity index (χ0n) is 9.13. The molecule has 0 aromatic carbocycles. The number of carbonyl (C=O) groups is 1. The Morgan fingerprint density at radius 1 is 1.50 bits per heavy atom. The summed E-state index contributed by atoms with van der Waals surface area (Å²) in [6.07, 6.45) is 0.832. The first-order chi connectivity index (χ1) is 6.54. The van der Waals surface area contributed by atoms with Gasteiger partial charge in [-0.05, 0) is 20.5 Å². The molecule has 0 aliphatic rings. The van der Waals surface area contributed by atoms with Crippen molar-refractivity contribution in [3.8, 4) is 0 Å². The van der Waals surface area contributed by atoms with E-state index in [1.165, 1.54) is 11.3 Å². The topological polar surface area (TPSA) is 33.2 Å². The summed E-state index contributed by atoms with van der Waals surface area (Å²) < 4.78 is 0. The molecule has 0 aliphatic carbocycles. The first-order valence-electron chi connectivity index (χ1n) is 4.68. The van der Waals surface area contributed by atoms with Crippen LogP contribution in [0.15, 0.2) is 0 Å². The van der Waals surface area contributed by atoms with Crippen LogP contribution in [0.2, 0.25) is 0 Å². The van der Waals surface area contributed by atoms with E-state index in [0.29, 0.717) is 0 Å². The van der Waals surface area contributed by atoms with Crippen LogP contribution in [0.5, 0.6) is 0 Å². The standard InChI is InChI=1S/C10H16N2OS/c1-5-8-10(7(2)13)14-9(11-8)6-12(3)4/h5-6H2,1-4H3. The van der Waals surface area contributed by atoms with Crippen molar-refractivity contribution in [3.05, 3.63) is 15.6 Å². The number of thiazole rings is 1. The normalized spacial score (nSPS) is 10.9. The number of aryl methyl sites for hydroxylation is 1. The van der Waals surface area contributed by atoms with Crippen molar-refractivity contribution in [3.63, 3.8) is 0 Å². The minimum Gasteiger partial charge on any atom is -0.303 e. The van der Waals surface area contributed by atoms with Gasteiger partial charge in [-0.15, -0.1) is 11.3 Å². The zero-order chi connectivity index (χ0) is 10.7. The van der Waals surface area contributed by atoms with Crippen LogP contribution >= 0.6 is 11.3 Å². The summed E-state index contributed by atoms with van der Waals surface area (Å²) in [5.41, 5.74) is 0.944. The van der Waals surface area contributed by atoms with Crippen LogP contribution in [0.25, 0.3) is 0 Å². The maximum absolute atomic E-state index is 11.3. The van der Waals surface area contributed by atoms with Gasteiger partial charge < -0.3 is 4.90 Å². The molecule has 1 rings (SSSR count). The molecule has 3 nitrogen and oxygen atoms in total. The summed E-state index contributed by atoms with van der Waals surface area (Å²) in [6.45, 7) is 4.44. The smallest absolute Gasteiger partial charge is 0.171 e. The fourth-order valence-corrected chi connectivity index (χ4v) is 2.42. The number of hydrogen-bond donors (Lipinski definition) is 0. The van der Waals surface area contributed by atoms with Gasteiger partial charge in [0.1, 0.15) is 5.01 Å². The lowest BCUT2D eigenvalue weighted by atomic mass is 10.2. The quantitative estimate of drug-likeness (QED) is 0.715. The van der Waals surface area contributed by atoms with Crippen molar-refractivity contribution < 1.29 is 4.79 Å². The molecule has 1 heterocycles. The highest BCUT2D eigenvalue weighted by Gasteiger charge is 2.13. The van der Waals surface area contributed by atoms with Gasteiger partial charge in [0.25, 0.3) is 0 Å². The molecular weight excluding hydrogens is 196 g/mol. The van der Waals surface area contributed by atoms with Crippen LogP contribution in [-0.2, 0) is 13.0 Å². The fraction of sp³-hybridized carbons (Fsp3) is 0.600. The van der Waals surface area contributed by atoms with Crippen molar-refractivity contribution in [2.75, 3.05) is 14.1 Å². The molecule has 78 valence electrons. The molecule has 0 N–H and O–H groups in total. The van der Waals surface area contributed by atoms with Gasteiger partial charge in [0.15, 0.2) is 5.78 Å². The fourth-order valence-electron chi connectivity index (χ4n) is 1.25. The molecule has 14 heavy (non-hydrogen) atoms. The molecule has 1 aromatic heterocycles. The SMILES string of the molecule is CCc1nc(CN(C)C)sc1C(C)=O. The minimum absolute atomic E-state index is 0.129. The summed E-state index contributed by atoms with van der Waals surface area (Å²) in [6, 6.07) is 0. The van der Waals surface area contributed by atoms with E-state index in [1.54, 1.807) is 6.92 Å². The van der Waals surface area contributed by atoms with Crippen LogP contribution < -0.4 is 0 Å². The Labute approximate surface area is 88.8 Å². The largest absolute Gasteiger partial charge is 0.303 e. The van der Waals surface area contributed by atoms with Crippen molar-refractivity contribution in [2.24, 2.45) is 0 Å². The molecule has 1 aromatic rings. The third-order valence-corrected chi connectivity index (χ3v) is 3.03. The van der Waals surface area contributed by atoms with E-state index in [-0.39, 0.29) is 5.78 Å². The number of nitrogens with zero attached hydrogens (tertiary/aromatic N) is 2. The second-order valence-corrected chi connectivity index (χ2v) is 4.61. The van der Waals surface area contributed by atoms with E-state index in [0.717, 1.165) is 28.5 Å². The maximum atomic E-state index is 11.3. The molecule has 0 aliphatic heterocycles.